The fraction of sp³-hybridized carbons (Fsp3) is 0.333. The minimum absolute atomic E-state index is 0.0916. The smallest absolute Gasteiger partial charge is 0.226 e. The lowest BCUT2D eigenvalue weighted by molar-refractivity contribution is -0.116. The number of rotatable bonds is 5. The van der Waals surface area contributed by atoms with E-state index in [0.717, 1.165) is 24.6 Å². The highest BCUT2D eigenvalue weighted by molar-refractivity contribution is 7.14. The first-order chi connectivity index (χ1) is 9.95. The largest absolute Gasteiger partial charge is 0.302 e. The van der Waals surface area contributed by atoms with Gasteiger partial charge < -0.3 is 5.32 Å². The minimum atomic E-state index is -0.542. The van der Waals surface area contributed by atoms with Crippen molar-refractivity contribution in [1.29, 1.82) is 0 Å². The lowest BCUT2D eigenvalue weighted by atomic mass is 10.1. The summed E-state index contributed by atoms with van der Waals surface area (Å²) in [6.07, 6.45) is 1.21. The van der Waals surface area contributed by atoms with E-state index in [9.17, 15) is 13.6 Å². The molecule has 0 aliphatic heterocycles. The molecule has 0 spiro atoms. The molecule has 0 saturated heterocycles. The summed E-state index contributed by atoms with van der Waals surface area (Å²) in [4.78, 5) is 15.8. The average molecular weight is 310 g/mol. The van der Waals surface area contributed by atoms with Gasteiger partial charge in [-0.3, -0.25) is 4.79 Å². The zero-order valence-electron chi connectivity index (χ0n) is 11.8. The Morgan fingerprint density at radius 2 is 2.14 bits per heavy atom. The van der Waals surface area contributed by atoms with E-state index in [1.54, 1.807) is 5.38 Å². The molecule has 0 aliphatic rings. The summed E-state index contributed by atoms with van der Waals surface area (Å²) >= 11 is 1.19. The molecule has 3 nitrogen and oxygen atoms in total. The van der Waals surface area contributed by atoms with Crippen molar-refractivity contribution in [2.45, 2.75) is 26.7 Å². The summed E-state index contributed by atoms with van der Waals surface area (Å²) in [5.41, 5.74) is 0.407. The molecule has 1 N–H and O–H groups in total. The molecule has 0 radical (unpaired) electrons. The number of carbonyl (C=O) groups excluding carboxylic acids is 1. The first-order valence-electron chi connectivity index (χ1n) is 6.66. The van der Waals surface area contributed by atoms with Crippen molar-refractivity contribution in [3.05, 3.63) is 35.2 Å². The van der Waals surface area contributed by atoms with Crippen molar-refractivity contribution in [1.82, 2.24) is 4.98 Å². The maximum atomic E-state index is 13.6. The van der Waals surface area contributed by atoms with E-state index in [1.165, 1.54) is 11.3 Å². The molecular weight excluding hydrogens is 294 g/mol. The van der Waals surface area contributed by atoms with Crippen LogP contribution in [0.3, 0.4) is 0 Å². The number of anilines is 1. The van der Waals surface area contributed by atoms with E-state index in [-0.39, 0.29) is 11.5 Å². The number of nitrogens with one attached hydrogen (secondary N) is 1. The van der Waals surface area contributed by atoms with Gasteiger partial charge in [0.15, 0.2) is 5.13 Å². The fourth-order valence-electron chi connectivity index (χ4n) is 1.75. The molecule has 1 amide bonds. The van der Waals surface area contributed by atoms with Crippen molar-refractivity contribution < 1.29 is 13.6 Å². The standard InChI is InChI=1S/C15H16F2N2OS/c1-9(2)3-6-14(20)19-15-18-13(8-21-15)11-7-10(16)4-5-12(11)17/h4-5,7-9H,3,6H2,1-2H3,(H,18,19,20). The van der Waals surface area contributed by atoms with E-state index in [4.69, 9.17) is 0 Å². The normalized spacial score (nSPS) is 10.9. The summed E-state index contributed by atoms with van der Waals surface area (Å²) in [5, 5.41) is 4.66. The molecule has 1 aromatic carbocycles. The van der Waals surface area contributed by atoms with Gasteiger partial charge in [0.2, 0.25) is 5.91 Å². The van der Waals surface area contributed by atoms with E-state index in [1.807, 2.05) is 13.8 Å². The second-order valence-electron chi connectivity index (χ2n) is 5.14. The van der Waals surface area contributed by atoms with Crippen LogP contribution in [0.2, 0.25) is 0 Å². The van der Waals surface area contributed by atoms with Gasteiger partial charge in [-0.2, -0.15) is 0 Å². The first kappa shape index (κ1) is 15.6. The quantitative estimate of drug-likeness (QED) is 0.885. The molecule has 2 rings (SSSR count). The van der Waals surface area contributed by atoms with E-state index < -0.39 is 11.6 Å². The fourth-order valence-corrected chi connectivity index (χ4v) is 2.48. The summed E-state index contributed by atoms with van der Waals surface area (Å²) in [6.45, 7) is 4.09. The Labute approximate surface area is 126 Å². The van der Waals surface area contributed by atoms with Crippen molar-refractivity contribution >= 4 is 22.4 Å². The lowest BCUT2D eigenvalue weighted by Gasteiger charge is -2.04. The summed E-state index contributed by atoms with van der Waals surface area (Å²) in [7, 11) is 0. The third-order valence-corrected chi connectivity index (χ3v) is 3.66. The molecule has 1 aromatic heterocycles. The molecule has 0 saturated carbocycles. The van der Waals surface area contributed by atoms with Crippen molar-refractivity contribution in [3.8, 4) is 11.3 Å². The van der Waals surface area contributed by atoms with Crippen LogP contribution in [-0.4, -0.2) is 10.9 Å². The third-order valence-electron chi connectivity index (χ3n) is 2.90. The average Bonchev–Trinajstić information content (AvgIpc) is 2.87. The van der Waals surface area contributed by atoms with E-state index >= 15 is 0 Å². The van der Waals surface area contributed by atoms with Crippen LogP contribution in [0, 0.1) is 17.6 Å². The highest BCUT2D eigenvalue weighted by Crippen LogP contribution is 2.27. The summed E-state index contributed by atoms with van der Waals surface area (Å²) in [6, 6.07) is 3.21. The highest BCUT2D eigenvalue weighted by atomic mass is 32.1. The van der Waals surface area contributed by atoms with Gasteiger partial charge >= 0.3 is 0 Å². The summed E-state index contributed by atoms with van der Waals surface area (Å²) < 4.78 is 26.8. The minimum Gasteiger partial charge on any atom is -0.302 e. The van der Waals surface area contributed by atoms with Crippen molar-refractivity contribution in [2.75, 3.05) is 5.32 Å². The second-order valence-corrected chi connectivity index (χ2v) is 6.00. The maximum Gasteiger partial charge on any atom is 0.226 e. The van der Waals surface area contributed by atoms with Crippen LogP contribution in [0.1, 0.15) is 26.7 Å². The number of halogens is 2. The van der Waals surface area contributed by atoms with E-state index in [2.05, 4.69) is 10.3 Å². The molecule has 0 unspecified atom stereocenters. The van der Waals surface area contributed by atoms with Gasteiger partial charge in [-0.15, -0.1) is 11.3 Å². The number of aromatic nitrogens is 1. The first-order valence-corrected chi connectivity index (χ1v) is 7.54. The van der Waals surface area contributed by atoms with Crippen LogP contribution < -0.4 is 5.32 Å². The van der Waals surface area contributed by atoms with Gasteiger partial charge in [0.1, 0.15) is 11.6 Å². The molecule has 6 heteroatoms. The van der Waals surface area contributed by atoms with Crippen LogP contribution in [0.15, 0.2) is 23.6 Å². The Morgan fingerprint density at radius 3 is 2.86 bits per heavy atom. The molecule has 0 atom stereocenters. The number of carbonyl (C=O) groups is 1. The third kappa shape index (κ3) is 4.32. The van der Waals surface area contributed by atoms with Gasteiger partial charge in [0, 0.05) is 17.4 Å². The number of benzene rings is 1. The van der Waals surface area contributed by atoms with Crippen LogP contribution in [0.25, 0.3) is 11.3 Å². The molecule has 0 fully saturated rings. The van der Waals surface area contributed by atoms with Crippen molar-refractivity contribution in [2.24, 2.45) is 5.92 Å². The van der Waals surface area contributed by atoms with Crippen LogP contribution in [0.5, 0.6) is 0 Å². The Kier molecular flexibility index (Phi) is 5.01. The monoisotopic (exact) mass is 310 g/mol. The number of hydrogen-bond donors (Lipinski definition) is 1. The Hall–Kier alpha value is -1.82. The predicted molar refractivity (Wildman–Crippen MR) is 80.2 cm³/mol. The van der Waals surface area contributed by atoms with Gasteiger partial charge in [-0.1, -0.05) is 13.8 Å². The molecule has 2 aromatic rings. The van der Waals surface area contributed by atoms with E-state index in [0.29, 0.717) is 23.2 Å². The summed E-state index contributed by atoms with van der Waals surface area (Å²) in [5.74, 6) is -0.741. The molecule has 112 valence electrons. The zero-order valence-corrected chi connectivity index (χ0v) is 12.6. The molecule has 1 heterocycles. The Morgan fingerprint density at radius 1 is 1.38 bits per heavy atom. The predicted octanol–water partition coefficient (Wildman–Crippen LogP) is 4.46. The van der Waals surface area contributed by atoms with Gasteiger partial charge in [0.25, 0.3) is 0 Å². The topological polar surface area (TPSA) is 42.0 Å². The number of amides is 1. The number of thiazole rings is 1. The zero-order chi connectivity index (χ0) is 15.4. The van der Waals surface area contributed by atoms with Crippen molar-refractivity contribution in [3.63, 3.8) is 0 Å². The van der Waals surface area contributed by atoms with Crippen LogP contribution in [0.4, 0.5) is 13.9 Å². The molecular formula is C15H16F2N2OS. The second kappa shape index (κ2) is 6.76. The highest BCUT2D eigenvalue weighted by Gasteiger charge is 2.12. The Bertz CT molecular complexity index is 640. The lowest BCUT2D eigenvalue weighted by Crippen LogP contribution is -2.11. The van der Waals surface area contributed by atoms with Gasteiger partial charge in [0.05, 0.1) is 5.69 Å². The van der Waals surface area contributed by atoms with Crippen LogP contribution >= 0.6 is 11.3 Å². The molecule has 21 heavy (non-hydrogen) atoms. The molecule has 0 bridgehead atoms. The molecule has 0 aliphatic carbocycles. The van der Waals surface area contributed by atoms with Gasteiger partial charge in [-0.25, -0.2) is 13.8 Å². The number of hydrogen-bond acceptors (Lipinski definition) is 3. The maximum absolute atomic E-state index is 13.6. The van der Waals surface area contributed by atoms with Crippen LogP contribution in [-0.2, 0) is 4.79 Å². The SMILES string of the molecule is CC(C)CCC(=O)Nc1nc(-c2cc(F)ccc2F)cs1. The number of nitrogens with zero attached hydrogens (tertiary/aromatic N) is 1. The van der Waals surface area contributed by atoms with Gasteiger partial charge in [-0.05, 0) is 30.5 Å². The Balaban J connectivity index is 2.08.